The van der Waals surface area contributed by atoms with Crippen LogP contribution < -0.4 is 5.73 Å². The molecule has 0 aromatic heterocycles. The van der Waals surface area contributed by atoms with Gasteiger partial charge < -0.3 is 10.5 Å². The first-order valence-electron chi connectivity index (χ1n) is 4.22. The van der Waals surface area contributed by atoms with Crippen LogP contribution in [0.15, 0.2) is 4.99 Å². The molecule has 0 radical (unpaired) electrons. The van der Waals surface area contributed by atoms with Crippen molar-refractivity contribution in [2.24, 2.45) is 10.7 Å². The van der Waals surface area contributed by atoms with Gasteiger partial charge in [0.2, 0.25) is 0 Å². The first-order chi connectivity index (χ1) is 6.44. The topological polar surface area (TPSA) is 98.8 Å². The lowest BCUT2D eigenvalue weighted by Crippen LogP contribution is -2.51. The highest BCUT2D eigenvalue weighted by molar-refractivity contribution is 7.91. The van der Waals surface area contributed by atoms with Crippen LogP contribution >= 0.6 is 0 Å². The molecule has 0 aromatic rings. The van der Waals surface area contributed by atoms with E-state index in [1.54, 1.807) is 0 Å². The summed E-state index contributed by atoms with van der Waals surface area (Å²) in [7, 11) is -3.17. The molecule has 1 unspecified atom stereocenters. The second kappa shape index (κ2) is 2.69. The average molecular weight is 218 g/mol. The number of nitrogens with two attached hydrogens (primary N) is 1. The van der Waals surface area contributed by atoms with Gasteiger partial charge >= 0.3 is 6.09 Å². The minimum absolute atomic E-state index is 0.00854. The predicted octanol–water partition coefficient (Wildman–Crippen LogP) is -0.559. The van der Waals surface area contributed by atoms with Crippen molar-refractivity contribution in [2.45, 2.75) is 18.4 Å². The molecule has 2 aliphatic heterocycles. The van der Waals surface area contributed by atoms with Gasteiger partial charge in [0.1, 0.15) is 0 Å². The van der Waals surface area contributed by atoms with Crippen LogP contribution in [-0.4, -0.2) is 37.5 Å². The molecule has 0 bridgehead atoms. The van der Waals surface area contributed by atoms with Gasteiger partial charge in [-0.15, -0.1) is 0 Å². The zero-order valence-electron chi connectivity index (χ0n) is 7.39. The van der Waals surface area contributed by atoms with E-state index in [1.807, 2.05) is 0 Å². The smallest absolute Gasteiger partial charge is 0.432 e. The number of hydrogen-bond donors (Lipinski definition) is 1. The Balaban J connectivity index is 2.34. The van der Waals surface area contributed by atoms with Gasteiger partial charge in [-0.25, -0.2) is 13.2 Å². The van der Waals surface area contributed by atoms with E-state index in [0.717, 1.165) is 0 Å². The van der Waals surface area contributed by atoms with Crippen molar-refractivity contribution < 1.29 is 17.9 Å². The Kier molecular flexibility index (Phi) is 1.82. The predicted molar refractivity (Wildman–Crippen MR) is 48.7 cm³/mol. The third-order valence-electron chi connectivity index (χ3n) is 2.45. The minimum Gasteiger partial charge on any atom is -0.432 e. The molecule has 2 rings (SSSR count). The second-order valence-electron chi connectivity index (χ2n) is 3.55. The minimum atomic E-state index is -3.17. The van der Waals surface area contributed by atoms with Crippen LogP contribution in [0, 0.1) is 0 Å². The van der Waals surface area contributed by atoms with E-state index in [4.69, 9.17) is 10.5 Å². The molecule has 2 heterocycles. The van der Waals surface area contributed by atoms with E-state index in [0.29, 0.717) is 12.8 Å². The van der Waals surface area contributed by atoms with Crippen molar-refractivity contribution in [3.8, 4) is 0 Å². The van der Waals surface area contributed by atoms with Crippen molar-refractivity contribution in [2.75, 3.05) is 11.5 Å². The Morgan fingerprint density at radius 3 is 2.71 bits per heavy atom. The maximum atomic E-state index is 11.4. The third-order valence-corrected chi connectivity index (χ3v) is 4.27. The molecule has 0 aromatic carbocycles. The number of rotatable bonds is 0. The number of nitrogens with zero attached hydrogens (tertiary/aromatic N) is 1. The summed E-state index contributed by atoms with van der Waals surface area (Å²) in [6.45, 7) is 0. The van der Waals surface area contributed by atoms with Gasteiger partial charge in [-0.2, -0.15) is 4.99 Å². The van der Waals surface area contributed by atoms with E-state index in [9.17, 15) is 13.2 Å². The summed E-state index contributed by atoms with van der Waals surface area (Å²) in [6, 6.07) is 0. The zero-order chi connectivity index (χ0) is 10.4. The highest BCUT2D eigenvalue weighted by Crippen LogP contribution is 2.30. The van der Waals surface area contributed by atoms with Crippen LogP contribution in [0.2, 0.25) is 0 Å². The second-order valence-corrected chi connectivity index (χ2v) is 5.74. The Bertz CT molecular complexity index is 413. The molecule has 7 heteroatoms. The summed E-state index contributed by atoms with van der Waals surface area (Å²) in [6.07, 6.45) is 0.0960. The number of amides is 1. The van der Waals surface area contributed by atoms with Gasteiger partial charge in [0, 0.05) is 0 Å². The number of ether oxygens (including phenoxy) is 1. The SMILES string of the molecule is NC1=NC(=O)OC12CCCS(=O)(=O)C2. The van der Waals surface area contributed by atoms with Crippen molar-refractivity contribution in [1.29, 1.82) is 0 Å². The lowest BCUT2D eigenvalue weighted by Gasteiger charge is -2.30. The molecular weight excluding hydrogens is 208 g/mol. The summed E-state index contributed by atoms with van der Waals surface area (Å²) < 4.78 is 27.6. The van der Waals surface area contributed by atoms with Crippen molar-refractivity contribution in [3.05, 3.63) is 0 Å². The van der Waals surface area contributed by atoms with Crippen LogP contribution in [0.5, 0.6) is 0 Å². The molecule has 1 fully saturated rings. The molecular formula is C7H10N2O4S. The van der Waals surface area contributed by atoms with Crippen LogP contribution in [0.25, 0.3) is 0 Å². The van der Waals surface area contributed by atoms with E-state index >= 15 is 0 Å². The van der Waals surface area contributed by atoms with Gasteiger partial charge in [-0.05, 0) is 12.8 Å². The molecule has 1 amide bonds. The van der Waals surface area contributed by atoms with Gasteiger partial charge in [0.15, 0.2) is 21.3 Å². The van der Waals surface area contributed by atoms with E-state index in [-0.39, 0.29) is 17.3 Å². The molecule has 14 heavy (non-hydrogen) atoms. The maximum Gasteiger partial charge on any atom is 0.436 e. The number of aliphatic imine (C=N–C) groups is 1. The lowest BCUT2D eigenvalue weighted by molar-refractivity contribution is 0.0868. The fourth-order valence-electron chi connectivity index (χ4n) is 1.80. The fraction of sp³-hybridized carbons (Fsp3) is 0.714. The Morgan fingerprint density at radius 2 is 2.21 bits per heavy atom. The Hall–Kier alpha value is -1.11. The molecule has 1 spiro atoms. The standard InChI is InChI=1S/C7H10N2O4S/c8-5-7(13-6(10)9-5)2-1-3-14(11,12)4-7/h1-4H2,(H2,8,9,10). The first kappa shape index (κ1) is 9.45. The summed E-state index contributed by atoms with van der Waals surface area (Å²) in [4.78, 5) is 14.3. The third kappa shape index (κ3) is 1.37. The van der Waals surface area contributed by atoms with E-state index < -0.39 is 21.5 Å². The van der Waals surface area contributed by atoms with Gasteiger partial charge in [0.05, 0.1) is 11.5 Å². The monoisotopic (exact) mass is 218 g/mol. The number of sulfone groups is 1. The van der Waals surface area contributed by atoms with Gasteiger partial charge in [0.25, 0.3) is 0 Å². The zero-order valence-corrected chi connectivity index (χ0v) is 8.21. The Morgan fingerprint density at radius 1 is 1.50 bits per heavy atom. The Labute approximate surface area is 81.1 Å². The van der Waals surface area contributed by atoms with E-state index in [2.05, 4.69) is 4.99 Å². The largest absolute Gasteiger partial charge is 0.436 e. The number of carbonyl (C=O) groups is 1. The molecule has 78 valence electrons. The average Bonchev–Trinajstić information content (AvgIpc) is 2.24. The van der Waals surface area contributed by atoms with Crippen LogP contribution in [-0.2, 0) is 14.6 Å². The molecule has 0 saturated carbocycles. The quantitative estimate of drug-likeness (QED) is 0.587. The summed E-state index contributed by atoms with van der Waals surface area (Å²) in [5.41, 5.74) is 4.32. The van der Waals surface area contributed by atoms with Gasteiger partial charge in [-0.1, -0.05) is 0 Å². The van der Waals surface area contributed by atoms with E-state index in [1.165, 1.54) is 0 Å². The van der Waals surface area contributed by atoms with Crippen LogP contribution in [0.1, 0.15) is 12.8 Å². The van der Waals surface area contributed by atoms with Crippen LogP contribution in [0.4, 0.5) is 4.79 Å². The number of amidine groups is 1. The van der Waals surface area contributed by atoms with Crippen molar-refractivity contribution >= 4 is 21.8 Å². The molecule has 1 saturated heterocycles. The summed E-state index contributed by atoms with van der Waals surface area (Å²) in [5.74, 6) is -0.119. The van der Waals surface area contributed by atoms with Crippen molar-refractivity contribution in [1.82, 2.24) is 0 Å². The maximum absolute atomic E-state index is 11.4. The molecule has 2 aliphatic rings. The number of carbonyl (C=O) groups excluding carboxylic acids is 1. The molecule has 2 N–H and O–H groups in total. The number of hydrogen-bond acceptors (Lipinski definition) is 5. The van der Waals surface area contributed by atoms with Crippen molar-refractivity contribution in [3.63, 3.8) is 0 Å². The normalized spacial score (nSPS) is 35.4. The first-order valence-corrected chi connectivity index (χ1v) is 6.04. The van der Waals surface area contributed by atoms with Gasteiger partial charge in [-0.3, -0.25) is 0 Å². The summed E-state index contributed by atoms with van der Waals surface area (Å²) in [5, 5.41) is 0. The highest BCUT2D eigenvalue weighted by Gasteiger charge is 2.49. The molecule has 0 aliphatic carbocycles. The highest BCUT2D eigenvalue weighted by atomic mass is 32.2. The fourth-order valence-corrected chi connectivity index (χ4v) is 3.59. The van der Waals surface area contributed by atoms with Crippen LogP contribution in [0.3, 0.4) is 0 Å². The molecule has 6 nitrogen and oxygen atoms in total. The lowest BCUT2D eigenvalue weighted by atomic mass is 9.99. The summed E-state index contributed by atoms with van der Waals surface area (Å²) >= 11 is 0. The molecule has 1 atom stereocenters.